The molecule has 0 saturated heterocycles. The van der Waals surface area contributed by atoms with E-state index < -0.39 is 0 Å². The first kappa shape index (κ1) is 18.9. The zero-order valence-electron chi connectivity index (χ0n) is 14.2. The smallest absolute Gasteiger partial charge is 0.223 e. The molecule has 0 unspecified atom stereocenters. The first-order valence-corrected chi connectivity index (χ1v) is 9.90. The standard InChI is InChI=1S/C19H14Cl4N4/c1-9-15(10-5-3-2-4-6-10)17(12-8-14(21)27-19(23)25-12)16(9)11-7-13(20)26-18(22)24-11/h2-9,15-17H,1H3/t9-,15-,16-,17-/m0/s1. The van der Waals surface area contributed by atoms with E-state index in [1.165, 1.54) is 5.56 Å². The van der Waals surface area contributed by atoms with Crippen LogP contribution in [0.25, 0.3) is 0 Å². The maximum absolute atomic E-state index is 6.15. The molecule has 1 fully saturated rings. The molecule has 2 heterocycles. The highest BCUT2D eigenvalue weighted by molar-refractivity contribution is 6.32. The van der Waals surface area contributed by atoms with E-state index in [4.69, 9.17) is 46.4 Å². The fraction of sp³-hybridized carbons (Fsp3) is 0.263. The molecule has 4 atom stereocenters. The first-order chi connectivity index (χ1) is 12.9. The Bertz CT molecular complexity index is 942. The summed E-state index contributed by atoms with van der Waals surface area (Å²) in [5.41, 5.74) is 2.79. The quantitative estimate of drug-likeness (QED) is 0.361. The van der Waals surface area contributed by atoms with Crippen molar-refractivity contribution in [2.45, 2.75) is 24.7 Å². The van der Waals surface area contributed by atoms with E-state index in [0.717, 1.165) is 11.4 Å². The van der Waals surface area contributed by atoms with Gasteiger partial charge in [-0.25, -0.2) is 19.9 Å². The minimum Gasteiger partial charge on any atom is -0.223 e. The van der Waals surface area contributed by atoms with E-state index >= 15 is 0 Å². The lowest BCUT2D eigenvalue weighted by atomic mass is 9.53. The molecule has 0 bridgehead atoms. The minimum atomic E-state index is 0.0161. The average Bonchev–Trinajstić information content (AvgIpc) is 2.59. The van der Waals surface area contributed by atoms with Gasteiger partial charge >= 0.3 is 0 Å². The largest absolute Gasteiger partial charge is 0.224 e. The van der Waals surface area contributed by atoms with Gasteiger partial charge in [0.2, 0.25) is 10.6 Å². The van der Waals surface area contributed by atoms with Crippen LogP contribution in [0.4, 0.5) is 0 Å². The Morgan fingerprint density at radius 2 is 1.19 bits per heavy atom. The van der Waals surface area contributed by atoms with Crippen LogP contribution in [0, 0.1) is 5.92 Å². The minimum absolute atomic E-state index is 0.0161. The second-order valence-corrected chi connectivity index (χ2v) is 8.07. The maximum Gasteiger partial charge on any atom is 0.224 e. The second-order valence-electron chi connectivity index (χ2n) is 6.62. The molecule has 0 radical (unpaired) electrons. The predicted octanol–water partition coefficient (Wildman–Crippen LogP) is 6.18. The lowest BCUT2D eigenvalue weighted by Gasteiger charge is -2.50. The number of hydrogen-bond acceptors (Lipinski definition) is 4. The summed E-state index contributed by atoms with van der Waals surface area (Å²) >= 11 is 24.4. The van der Waals surface area contributed by atoms with Crippen molar-refractivity contribution in [2.75, 3.05) is 0 Å². The Kier molecular flexibility index (Phi) is 5.26. The molecule has 0 N–H and O–H groups in total. The third kappa shape index (κ3) is 3.64. The van der Waals surface area contributed by atoms with Crippen molar-refractivity contribution in [3.8, 4) is 0 Å². The van der Waals surface area contributed by atoms with Gasteiger partial charge in [0.1, 0.15) is 10.3 Å². The molecular formula is C19H14Cl4N4. The van der Waals surface area contributed by atoms with Crippen molar-refractivity contribution in [1.82, 2.24) is 19.9 Å². The van der Waals surface area contributed by atoms with Crippen molar-refractivity contribution in [3.63, 3.8) is 0 Å². The van der Waals surface area contributed by atoms with Crippen molar-refractivity contribution in [2.24, 2.45) is 5.92 Å². The highest BCUT2D eigenvalue weighted by Crippen LogP contribution is 2.61. The highest BCUT2D eigenvalue weighted by Gasteiger charge is 2.51. The number of benzene rings is 1. The van der Waals surface area contributed by atoms with Crippen LogP contribution in [0.15, 0.2) is 42.5 Å². The number of nitrogens with zero attached hydrogens (tertiary/aromatic N) is 4. The van der Waals surface area contributed by atoms with Gasteiger partial charge in [-0.15, -0.1) is 0 Å². The fourth-order valence-electron chi connectivity index (χ4n) is 4.12. The molecule has 4 nitrogen and oxygen atoms in total. The van der Waals surface area contributed by atoms with Crippen LogP contribution in [-0.2, 0) is 0 Å². The Morgan fingerprint density at radius 3 is 1.70 bits per heavy atom. The van der Waals surface area contributed by atoms with E-state index in [2.05, 4.69) is 39.0 Å². The number of halogens is 4. The summed E-state index contributed by atoms with van der Waals surface area (Å²) in [6.07, 6.45) is 0. The molecule has 1 aromatic carbocycles. The molecular weight excluding hydrogens is 426 g/mol. The normalized spacial score (nSPS) is 24.5. The second kappa shape index (κ2) is 7.51. The third-order valence-electron chi connectivity index (χ3n) is 5.15. The summed E-state index contributed by atoms with van der Waals surface area (Å²) in [5, 5.41) is 0.887. The van der Waals surface area contributed by atoms with E-state index in [-0.39, 0.29) is 34.2 Å². The van der Waals surface area contributed by atoms with Gasteiger partial charge in [0.05, 0.1) is 11.4 Å². The molecule has 1 saturated carbocycles. The van der Waals surface area contributed by atoms with Crippen LogP contribution in [0.3, 0.4) is 0 Å². The molecule has 1 aliphatic rings. The molecule has 27 heavy (non-hydrogen) atoms. The lowest BCUT2D eigenvalue weighted by Crippen LogP contribution is -2.41. The summed E-state index contributed by atoms with van der Waals surface area (Å²) in [4.78, 5) is 16.8. The molecule has 3 aromatic rings. The monoisotopic (exact) mass is 438 g/mol. The molecule has 8 heteroatoms. The van der Waals surface area contributed by atoms with Crippen LogP contribution < -0.4 is 0 Å². The van der Waals surface area contributed by atoms with Crippen molar-refractivity contribution < 1.29 is 0 Å². The zero-order valence-corrected chi connectivity index (χ0v) is 17.2. The fourth-order valence-corrected chi connectivity index (χ4v) is 4.96. The van der Waals surface area contributed by atoms with Crippen LogP contribution in [0.2, 0.25) is 20.9 Å². The van der Waals surface area contributed by atoms with Gasteiger partial charge in [0.15, 0.2) is 0 Å². The van der Waals surface area contributed by atoms with E-state index in [1.807, 2.05) is 18.2 Å². The summed E-state index contributed by atoms with van der Waals surface area (Å²) in [5.74, 6) is 0.579. The summed E-state index contributed by atoms with van der Waals surface area (Å²) in [7, 11) is 0. The first-order valence-electron chi connectivity index (χ1n) is 8.39. The van der Waals surface area contributed by atoms with Crippen molar-refractivity contribution >= 4 is 46.4 Å². The summed E-state index contributed by atoms with van der Waals surface area (Å²) < 4.78 is 0. The number of hydrogen-bond donors (Lipinski definition) is 0. The van der Waals surface area contributed by atoms with Gasteiger partial charge in [0.25, 0.3) is 0 Å². The Morgan fingerprint density at radius 1 is 0.667 bits per heavy atom. The van der Waals surface area contributed by atoms with E-state index in [0.29, 0.717) is 10.3 Å². The molecule has 0 spiro atoms. The van der Waals surface area contributed by atoms with Crippen LogP contribution in [0.1, 0.15) is 41.6 Å². The molecule has 0 amide bonds. The number of aromatic nitrogens is 4. The van der Waals surface area contributed by atoms with Gasteiger partial charge in [-0.2, -0.15) is 0 Å². The zero-order chi connectivity index (χ0) is 19.1. The van der Waals surface area contributed by atoms with Gasteiger partial charge in [0, 0.05) is 11.8 Å². The molecule has 138 valence electrons. The van der Waals surface area contributed by atoms with E-state index in [9.17, 15) is 0 Å². The highest BCUT2D eigenvalue weighted by atomic mass is 35.5. The summed E-state index contributed by atoms with van der Waals surface area (Å²) in [6.45, 7) is 2.19. The molecule has 1 aliphatic carbocycles. The molecule has 4 rings (SSSR count). The van der Waals surface area contributed by atoms with Crippen LogP contribution >= 0.6 is 46.4 Å². The number of rotatable bonds is 3. The predicted molar refractivity (Wildman–Crippen MR) is 108 cm³/mol. The Hall–Kier alpha value is -1.46. The topological polar surface area (TPSA) is 51.6 Å². The van der Waals surface area contributed by atoms with Crippen molar-refractivity contribution in [3.05, 3.63) is 80.3 Å². The maximum atomic E-state index is 6.15. The van der Waals surface area contributed by atoms with Crippen LogP contribution in [-0.4, -0.2) is 19.9 Å². The lowest BCUT2D eigenvalue weighted by molar-refractivity contribution is 0.167. The molecule has 2 aromatic heterocycles. The molecule has 0 aliphatic heterocycles. The van der Waals surface area contributed by atoms with Crippen molar-refractivity contribution in [1.29, 1.82) is 0 Å². The van der Waals surface area contributed by atoms with Gasteiger partial charge in [-0.1, -0.05) is 60.5 Å². The van der Waals surface area contributed by atoms with E-state index in [1.54, 1.807) is 12.1 Å². The Balaban J connectivity index is 1.83. The van der Waals surface area contributed by atoms with Gasteiger partial charge in [-0.3, -0.25) is 0 Å². The average molecular weight is 440 g/mol. The SMILES string of the molecule is C[C@H]1[C@@H](c2ccccc2)[C@H](c2cc(Cl)nc(Cl)n2)[C@@H]1c1cc(Cl)nc(Cl)n1. The van der Waals surface area contributed by atoms with Crippen LogP contribution in [0.5, 0.6) is 0 Å². The van der Waals surface area contributed by atoms with Gasteiger partial charge < -0.3 is 0 Å². The third-order valence-corrected chi connectivity index (χ3v) is 5.87. The Labute approximate surface area is 176 Å². The summed E-state index contributed by atoms with van der Waals surface area (Å²) in [6, 6.07) is 13.8. The van der Waals surface area contributed by atoms with Gasteiger partial charge in [-0.05, 0) is 52.7 Å².